The van der Waals surface area contributed by atoms with Crippen LogP contribution >= 0.6 is 15.9 Å². The lowest BCUT2D eigenvalue weighted by molar-refractivity contribution is -0.127. The lowest BCUT2D eigenvalue weighted by Crippen LogP contribution is -2.49. The second-order valence-electron chi connectivity index (χ2n) is 9.80. The molecule has 4 saturated carbocycles. The van der Waals surface area contributed by atoms with Gasteiger partial charge in [0.1, 0.15) is 5.78 Å². The van der Waals surface area contributed by atoms with Crippen LogP contribution in [0.1, 0.15) is 78.1 Å². The first-order chi connectivity index (χ1) is 11.6. The van der Waals surface area contributed by atoms with Gasteiger partial charge in [-0.25, -0.2) is 0 Å². The molecule has 2 heteroatoms. The Labute approximate surface area is 156 Å². The summed E-state index contributed by atoms with van der Waals surface area (Å²) in [7, 11) is 0. The van der Waals surface area contributed by atoms with Crippen molar-refractivity contribution in [3.8, 4) is 0 Å². The van der Waals surface area contributed by atoms with Gasteiger partial charge in [-0.1, -0.05) is 42.6 Å². The number of hydrogen-bond acceptors (Lipinski definition) is 1. The molecule has 4 fully saturated rings. The molecule has 0 bridgehead atoms. The third-order valence-corrected chi connectivity index (χ3v) is 9.71. The number of rotatable bonds is 3. The minimum absolute atomic E-state index is 0.319. The second-order valence-corrected chi connectivity index (χ2v) is 10.4. The van der Waals surface area contributed by atoms with Gasteiger partial charge in [0.2, 0.25) is 0 Å². The normalized spacial score (nSPS) is 50.7. The first-order valence-electron chi connectivity index (χ1n) is 10.7. The highest BCUT2D eigenvalue weighted by molar-refractivity contribution is 9.09. The lowest BCUT2D eigenvalue weighted by atomic mass is 9.49. The second kappa shape index (κ2) is 6.71. The van der Waals surface area contributed by atoms with Gasteiger partial charge in [0.05, 0.1) is 5.33 Å². The summed E-state index contributed by atoms with van der Waals surface area (Å²) in [6.07, 6.45) is 14.1. The Bertz CT molecular complexity index is 488. The average molecular weight is 395 g/mol. The van der Waals surface area contributed by atoms with Gasteiger partial charge in [0, 0.05) is 5.92 Å². The van der Waals surface area contributed by atoms with E-state index in [1.165, 1.54) is 64.2 Å². The number of carbonyl (C=O) groups excluding carboxylic acids is 1. The molecule has 0 radical (unpaired) electrons. The minimum Gasteiger partial charge on any atom is -0.298 e. The highest BCUT2D eigenvalue weighted by atomic mass is 79.9. The Hall–Kier alpha value is 0.150. The zero-order chi connectivity index (χ0) is 16.9. The molecule has 1 nitrogen and oxygen atoms in total. The molecule has 0 aliphatic heterocycles. The molecule has 4 aliphatic carbocycles. The number of halogens is 1. The summed E-state index contributed by atoms with van der Waals surface area (Å²) >= 11 is 3.44. The number of fused-ring (bicyclic) bond motifs is 5. The van der Waals surface area contributed by atoms with Gasteiger partial charge in [-0.05, 0) is 92.3 Å². The van der Waals surface area contributed by atoms with Gasteiger partial charge in [-0.15, -0.1) is 0 Å². The molecule has 0 aromatic heterocycles. The Morgan fingerprint density at radius 1 is 1.00 bits per heavy atom. The van der Waals surface area contributed by atoms with Crippen molar-refractivity contribution in [3.05, 3.63) is 0 Å². The molecular weight excluding hydrogens is 360 g/mol. The monoisotopic (exact) mass is 394 g/mol. The van der Waals surface area contributed by atoms with Crippen LogP contribution in [-0.4, -0.2) is 11.1 Å². The van der Waals surface area contributed by atoms with Crippen LogP contribution in [0.2, 0.25) is 0 Å². The van der Waals surface area contributed by atoms with Crippen LogP contribution in [0.5, 0.6) is 0 Å². The van der Waals surface area contributed by atoms with Crippen molar-refractivity contribution in [1.29, 1.82) is 0 Å². The zero-order valence-corrected chi connectivity index (χ0v) is 17.2. The summed E-state index contributed by atoms with van der Waals surface area (Å²) < 4.78 is 0. The summed E-state index contributed by atoms with van der Waals surface area (Å²) in [6.45, 7) is 4.87. The molecular formula is C22H35BrO. The Balaban J connectivity index is 1.52. The van der Waals surface area contributed by atoms with Crippen LogP contribution in [0, 0.1) is 46.8 Å². The molecule has 3 unspecified atom stereocenters. The lowest BCUT2D eigenvalue weighted by Gasteiger charge is -2.56. The van der Waals surface area contributed by atoms with Gasteiger partial charge >= 0.3 is 0 Å². The quantitative estimate of drug-likeness (QED) is 0.517. The fraction of sp³-hybridized carbons (Fsp3) is 0.955. The van der Waals surface area contributed by atoms with Crippen molar-refractivity contribution in [1.82, 2.24) is 0 Å². The van der Waals surface area contributed by atoms with Crippen LogP contribution in [0.3, 0.4) is 0 Å². The highest BCUT2D eigenvalue weighted by Crippen LogP contribution is 2.64. The summed E-state index contributed by atoms with van der Waals surface area (Å²) in [6, 6.07) is 0. The topological polar surface area (TPSA) is 17.1 Å². The molecule has 0 spiro atoms. The largest absolute Gasteiger partial charge is 0.298 e. The molecule has 0 N–H and O–H groups in total. The van der Waals surface area contributed by atoms with Crippen molar-refractivity contribution in [2.45, 2.75) is 78.1 Å². The van der Waals surface area contributed by atoms with Crippen molar-refractivity contribution < 1.29 is 4.79 Å². The van der Waals surface area contributed by atoms with Crippen molar-refractivity contribution >= 4 is 21.7 Å². The molecule has 0 amide bonds. The maximum absolute atomic E-state index is 12.5. The molecule has 136 valence electrons. The van der Waals surface area contributed by atoms with Gasteiger partial charge < -0.3 is 0 Å². The Morgan fingerprint density at radius 2 is 1.79 bits per heavy atom. The predicted molar refractivity (Wildman–Crippen MR) is 103 cm³/mol. The van der Waals surface area contributed by atoms with Crippen LogP contribution in [-0.2, 0) is 4.79 Å². The van der Waals surface area contributed by atoms with Crippen LogP contribution in [0.25, 0.3) is 0 Å². The highest BCUT2D eigenvalue weighted by Gasteiger charge is 2.58. The first-order valence-corrected chi connectivity index (χ1v) is 11.8. The number of ketones is 1. The molecule has 24 heavy (non-hydrogen) atoms. The van der Waals surface area contributed by atoms with Crippen LogP contribution in [0.15, 0.2) is 0 Å². The maximum Gasteiger partial charge on any atom is 0.147 e. The number of hydrogen-bond donors (Lipinski definition) is 0. The van der Waals surface area contributed by atoms with E-state index >= 15 is 0 Å². The van der Waals surface area contributed by atoms with E-state index in [1.807, 2.05) is 0 Å². The summed E-state index contributed by atoms with van der Waals surface area (Å²) in [5.74, 6) is 6.69. The third kappa shape index (κ3) is 2.65. The fourth-order valence-corrected chi connectivity index (χ4v) is 8.33. The zero-order valence-electron chi connectivity index (χ0n) is 15.6. The Morgan fingerprint density at radius 3 is 2.54 bits per heavy atom. The molecule has 4 aliphatic rings. The van der Waals surface area contributed by atoms with Crippen molar-refractivity contribution in [3.63, 3.8) is 0 Å². The van der Waals surface area contributed by atoms with E-state index in [-0.39, 0.29) is 0 Å². The van der Waals surface area contributed by atoms with Crippen molar-refractivity contribution in [2.24, 2.45) is 46.8 Å². The fourth-order valence-electron chi connectivity index (χ4n) is 7.94. The van der Waals surface area contributed by atoms with Crippen LogP contribution < -0.4 is 0 Å². The molecule has 0 heterocycles. The van der Waals surface area contributed by atoms with E-state index in [2.05, 4.69) is 29.8 Å². The van der Waals surface area contributed by atoms with E-state index in [9.17, 15) is 4.79 Å². The third-order valence-electron chi connectivity index (χ3n) is 9.16. The van der Waals surface area contributed by atoms with Crippen molar-refractivity contribution in [2.75, 3.05) is 5.33 Å². The standard InChI is InChI=1S/C22H35BrO/c1-3-14-4-6-16-15(12-14)5-7-18-17(16)10-11-22(2)19(18)8-9-20(22)21(24)13-23/h14-20H,3-13H2,1-2H3/t14?,15-,16+,17?,18-,19?,20-,22+/m1/s1. The predicted octanol–water partition coefficient (Wildman–Crippen LogP) is 6.25. The molecule has 4 rings (SSSR count). The molecule has 0 saturated heterocycles. The van der Waals surface area contributed by atoms with E-state index in [4.69, 9.17) is 0 Å². The smallest absolute Gasteiger partial charge is 0.147 e. The first kappa shape index (κ1) is 17.6. The maximum atomic E-state index is 12.5. The molecule has 0 aromatic rings. The number of carbonyl (C=O) groups is 1. The van der Waals surface area contributed by atoms with E-state index in [0.717, 1.165) is 35.5 Å². The molecule has 0 aromatic carbocycles. The average Bonchev–Trinajstić information content (AvgIpc) is 2.97. The minimum atomic E-state index is 0.319. The van der Waals surface area contributed by atoms with E-state index < -0.39 is 0 Å². The van der Waals surface area contributed by atoms with E-state index in [1.54, 1.807) is 0 Å². The summed E-state index contributed by atoms with van der Waals surface area (Å²) in [4.78, 5) is 12.5. The molecule has 8 atom stereocenters. The summed E-state index contributed by atoms with van der Waals surface area (Å²) in [5.41, 5.74) is 0.319. The van der Waals surface area contributed by atoms with Gasteiger partial charge in [0.15, 0.2) is 0 Å². The number of alkyl halides is 1. The summed E-state index contributed by atoms with van der Waals surface area (Å²) in [5, 5.41) is 0.567. The Kier molecular flexibility index (Phi) is 4.91. The number of Topliss-reactive ketones (excluding diaryl/α,β-unsaturated/α-hetero) is 1. The SMILES string of the molecule is CCC1CC[C@@H]2C3CC[C@@]4(C)C(CC[C@@H]4C(=O)CBr)[C@@H]3CC[C@@H]2C1. The van der Waals surface area contributed by atoms with Gasteiger partial charge in [0.25, 0.3) is 0 Å². The van der Waals surface area contributed by atoms with Crippen LogP contribution in [0.4, 0.5) is 0 Å². The van der Waals surface area contributed by atoms with Gasteiger partial charge in [-0.3, -0.25) is 4.79 Å². The van der Waals surface area contributed by atoms with Gasteiger partial charge in [-0.2, -0.15) is 0 Å². The van der Waals surface area contributed by atoms with E-state index in [0.29, 0.717) is 22.4 Å².